The van der Waals surface area contributed by atoms with Gasteiger partial charge in [-0.2, -0.15) is 5.10 Å². The highest BCUT2D eigenvalue weighted by Crippen LogP contribution is 2.33. The van der Waals surface area contributed by atoms with Crippen molar-refractivity contribution in [3.05, 3.63) is 78.1 Å². The number of benzene rings is 2. The van der Waals surface area contributed by atoms with Crippen LogP contribution in [0.1, 0.15) is 27.7 Å². The van der Waals surface area contributed by atoms with Gasteiger partial charge in [-0.05, 0) is 48.1 Å². The molecule has 2 aromatic carbocycles. The van der Waals surface area contributed by atoms with E-state index in [0.29, 0.717) is 12.2 Å². The van der Waals surface area contributed by atoms with Gasteiger partial charge in [0.1, 0.15) is 22.4 Å². The molecule has 4 rings (SSSR count). The summed E-state index contributed by atoms with van der Waals surface area (Å²) in [5.74, 6) is 2.00. The number of aromatic nitrogens is 2. The number of H-pyrrole nitrogens is 1. The number of aromatic amines is 1. The van der Waals surface area contributed by atoms with E-state index in [1.165, 1.54) is 0 Å². The summed E-state index contributed by atoms with van der Waals surface area (Å²) in [7, 11) is 0. The Hall–Kier alpha value is -3.26. The van der Waals surface area contributed by atoms with Crippen LogP contribution in [0.2, 0.25) is 0 Å². The highest BCUT2D eigenvalue weighted by Gasteiger charge is 2.27. The Morgan fingerprint density at radius 2 is 1.87 bits per heavy atom. The maximum Gasteiger partial charge on any atom is 0.271 e. The van der Waals surface area contributed by atoms with E-state index in [0.717, 1.165) is 29.2 Å². The van der Waals surface area contributed by atoms with Crippen LogP contribution in [0.4, 0.5) is 0 Å². The van der Waals surface area contributed by atoms with E-state index in [4.69, 9.17) is 4.74 Å². The molecule has 3 aromatic rings. The molecule has 1 aliphatic rings. The Bertz CT molecular complexity index is 977. The second-order valence-corrected chi connectivity index (χ2v) is 8.11. The first-order chi connectivity index (χ1) is 14.7. The molecule has 2 amide bonds. The Morgan fingerprint density at radius 3 is 2.60 bits per heavy atom. The second-order valence-electron chi connectivity index (χ2n) is 6.90. The number of carbonyl (C=O) groups is 2. The van der Waals surface area contributed by atoms with Crippen molar-refractivity contribution in [2.45, 2.75) is 17.7 Å². The van der Waals surface area contributed by atoms with Crippen molar-refractivity contribution < 1.29 is 14.3 Å². The first-order valence-corrected chi connectivity index (χ1v) is 10.8. The van der Waals surface area contributed by atoms with Crippen LogP contribution in [-0.2, 0) is 4.79 Å². The lowest BCUT2D eigenvalue weighted by Gasteiger charge is -2.18. The molecular formula is C22H22N4O3S. The van der Waals surface area contributed by atoms with Crippen molar-refractivity contribution in [2.75, 3.05) is 12.3 Å². The van der Waals surface area contributed by atoms with E-state index >= 15 is 0 Å². The minimum absolute atomic E-state index is 0.0479. The summed E-state index contributed by atoms with van der Waals surface area (Å²) in [5, 5.41) is 12.1. The standard InChI is InChI=1S/C22H22N4O3S/c27-21(19-10-12-24-26-19)23-14-16-11-13-30-20(22(28)25-16)15-6-8-18(9-7-15)29-17-4-2-1-3-5-17/h1-10,12,16,20H,11,13-14H2,(H,23,27)(H,24,26)(H,25,28)/t16-,20+/m0/s1. The van der Waals surface area contributed by atoms with Crippen molar-refractivity contribution >= 4 is 23.6 Å². The van der Waals surface area contributed by atoms with Gasteiger partial charge in [-0.1, -0.05) is 30.3 Å². The summed E-state index contributed by atoms with van der Waals surface area (Å²) < 4.78 is 5.82. The molecule has 1 aromatic heterocycles. The van der Waals surface area contributed by atoms with Crippen LogP contribution in [-0.4, -0.2) is 40.4 Å². The molecule has 8 heteroatoms. The molecule has 0 spiro atoms. The lowest BCUT2D eigenvalue weighted by atomic mass is 10.1. The summed E-state index contributed by atoms with van der Waals surface area (Å²) in [6.07, 6.45) is 2.38. The van der Waals surface area contributed by atoms with E-state index in [2.05, 4.69) is 20.8 Å². The number of nitrogens with one attached hydrogen (secondary N) is 3. The number of para-hydroxylation sites is 1. The highest BCUT2D eigenvalue weighted by atomic mass is 32.2. The Morgan fingerprint density at radius 1 is 1.10 bits per heavy atom. The van der Waals surface area contributed by atoms with Crippen molar-refractivity contribution in [3.63, 3.8) is 0 Å². The van der Waals surface area contributed by atoms with Gasteiger partial charge in [-0.25, -0.2) is 0 Å². The predicted octanol–water partition coefficient (Wildman–Crippen LogP) is 3.29. The number of ether oxygens (including phenoxy) is 1. The number of hydrogen-bond acceptors (Lipinski definition) is 5. The second kappa shape index (κ2) is 9.49. The number of rotatable bonds is 6. The van der Waals surface area contributed by atoms with Gasteiger partial charge in [-0.15, -0.1) is 11.8 Å². The molecule has 1 aliphatic heterocycles. The zero-order valence-corrected chi connectivity index (χ0v) is 17.0. The maximum atomic E-state index is 12.8. The molecule has 2 heterocycles. The predicted molar refractivity (Wildman–Crippen MR) is 116 cm³/mol. The third kappa shape index (κ3) is 5.01. The molecule has 0 unspecified atom stereocenters. The summed E-state index contributed by atoms with van der Waals surface area (Å²) >= 11 is 1.61. The minimum Gasteiger partial charge on any atom is -0.457 e. The van der Waals surface area contributed by atoms with Gasteiger partial charge in [0.15, 0.2) is 0 Å². The van der Waals surface area contributed by atoms with E-state index in [9.17, 15) is 9.59 Å². The average Bonchev–Trinajstić information content (AvgIpc) is 3.24. The molecule has 30 heavy (non-hydrogen) atoms. The van der Waals surface area contributed by atoms with E-state index in [1.54, 1.807) is 24.0 Å². The lowest BCUT2D eigenvalue weighted by molar-refractivity contribution is -0.121. The van der Waals surface area contributed by atoms with Crippen molar-refractivity contribution in [1.82, 2.24) is 20.8 Å². The quantitative estimate of drug-likeness (QED) is 0.567. The fourth-order valence-electron chi connectivity index (χ4n) is 3.18. The number of nitrogens with zero attached hydrogens (tertiary/aromatic N) is 1. The third-order valence-corrected chi connectivity index (χ3v) is 6.03. The van der Waals surface area contributed by atoms with Crippen LogP contribution in [0.5, 0.6) is 11.5 Å². The van der Waals surface area contributed by atoms with Gasteiger partial charge in [0.2, 0.25) is 5.91 Å². The first-order valence-electron chi connectivity index (χ1n) is 9.72. The molecule has 1 saturated heterocycles. The fourth-order valence-corrected chi connectivity index (χ4v) is 4.41. The maximum absolute atomic E-state index is 12.8. The average molecular weight is 423 g/mol. The Kier molecular flexibility index (Phi) is 6.34. The smallest absolute Gasteiger partial charge is 0.271 e. The normalized spacial score (nSPS) is 18.9. The van der Waals surface area contributed by atoms with Crippen LogP contribution in [0.3, 0.4) is 0 Å². The monoisotopic (exact) mass is 422 g/mol. The van der Waals surface area contributed by atoms with E-state index in [1.807, 2.05) is 54.6 Å². The summed E-state index contributed by atoms with van der Waals surface area (Å²) in [6, 6.07) is 18.7. The number of carbonyl (C=O) groups excluding carboxylic acids is 2. The zero-order valence-electron chi connectivity index (χ0n) is 16.2. The highest BCUT2D eigenvalue weighted by molar-refractivity contribution is 8.00. The van der Waals surface area contributed by atoms with Gasteiger partial charge >= 0.3 is 0 Å². The van der Waals surface area contributed by atoms with Gasteiger partial charge < -0.3 is 15.4 Å². The largest absolute Gasteiger partial charge is 0.457 e. The van der Waals surface area contributed by atoms with Crippen molar-refractivity contribution in [3.8, 4) is 11.5 Å². The third-order valence-electron chi connectivity index (χ3n) is 4.74. The molecule has 0 saturated carbocycles. The number of thioether (sulfide) groups is 1. The van der Waals surface area contributed by atoms with Crippen LogP contribution < -0.4 is 15.4 Å². The molecule has 3 N–H and O–H groups in total. The molecule has 154 valence electrons. The van der Waals surface area contributed by atoms with Gasteiger partial charge in [0.25, 0.3) is 5.91 Å². The lowest BCUT2D eigenvalue weighted by Crippen LogP contribution is -2.43. The SMILES string of the molecule is O=C(NC[C@@H]1CCS[C@H](c2ccc(Oc3ccccc3)cc2)C(=O)N1)c1cc[nH]n1. The molecule has 7 nitrogen and oxygen atoms in total. The zero-order chi connectivity index (χ0) is 20.8. The van der Waals surface area contributed by atoms with Crippen molar-refractivity contribution in [2.24, 2.45) is 0 Å². The topological polar surface area (TPSA) is 96.1 Å². The van der Waals surface area contributed by atoms with E-state index in [-0.39, 0.29) is 23.1 Å². The van der Waals surface area contributed by atoms with E-state index < -0.39 is 0 Å². The number of amides is 2. The molecule has 0 aliphatic carbocycles. The Labute approximate surface area is 178 Å². The molecule has 1 fully saturated rings. The summed E-state index contributed by atoms with van der Waals surface area (Å²) in [5.41, 5.74) is 1.26. The van der Waals surface area contributed by atoms with Gasteiger partial charge in [0, 0.05) is 18.8 Å². The van der Waals surface area contributed by atoms with Crippen LogP contribution in [0.25, 0.3) is 0 Å². The fraction of sp³-hybridized carbons (Fsp3) is 0.227. The van der Waals surface area contributed by atoms with Crippen LogP contribution in [0, 0.1) is 0 Å². The summed E-state index contributed by atoms with van der Waals surface area (Å²) in [4.78, 5) is 24.8. The molecular weight excluding hydrogens is 400 g/mol. The Balaban J connectivity index is 1.34. The molecule has 0 bridgehead atoms. The van der Waals surface area contributed by atoms with Crippen molar-refractivity contribution in [1.29, 1.82) is 0 Å². The number of hydrogen-bond donors (Lipinski definition) is 3. The molecule has 2 atom stereocenters. The van der Waals surface area contributed by atoms with Crippen LogP contribution in [0.15, 0.2) is 66.9 Å². The first kappa shape index (κ1) is 20.0. The van der Waals surface area contributed by atoms with Gasteiger partial charge in [0.05, 0.1) is 0 Å². The minimum atomic E-state index is -0.289. The molecule has 0 radical (unpaired) electrons. The van der Waals surface area contributed by atoms with Crippen LogP contribution >= 0.6 is 11.8 Å². The van der Waals surface area contributed by atoms with Gasteiger partial charge in [-0.3, -0.25) is 14.7 Å². The summed E-state index contributed by atoms with van der Waals surface area (Å²) in [6.45, 7) is 0.370.